The first kappa shape index (κ1) is 34.9. The molecule has 0 unspecified atom stereocenters. The number of para-hydroxylation sites is 2. The molecule has 0 fully saturated rings. The van der Waals surface area contributed by atoms with Gasteiger partial charge in [0.2, 0.25) is 0 Å². The predicted octanol–water partition coefficient (Wildman–Crippen LogP) is 8.82. The Labute approximate surface area is 356 Å². The lowest BCUT2D eigenvalue weighted by molar-refractivity contribution is 1.17. The molecule has 5 heteroatoms. The Bertz CT molecular complexity index is 2940. The molecule has 1 spiro atoms. The molecule has 0 radical (unpaired) electrons. The van der Waals surface area contributed by atoms with Gasteiger partial charge in [-0.25, -0.2) is 0 Å². The highest BCUT2D eigenvalue weighted by Crippen LogP contribution is 2.51. The summed E-state index contributed by atoms with van der Waals surface area (Å²) in [4.78, 5) is 7.72. The first-order chi connectivity index (χ1) is 29.3. The van der Waals surface area contributed by atoms with Gasteiger partial charge in [0.05, 0.1) is 11.4 Å². The van der Waals surface area contributed by atoms with Gasteiger partial charge in [0, 0.05) is 25.3 Å². The van der Waals surface area contributed by atoms with E-state index in [1.807, 2.05) is 23.5 Å². The number of nitrogens with zero attached hydrogens (tertiary/aromatic N) is 1. The van der Waals surface area contributed by atoms with Crippen molar-refractivity contribution in [3.8, 4) is 11.1 Å². The molecule has 9 aromatic rings. The van der Waals surface area contributed by atoms with E-state index in [9.17, 15) is 0 Å². The standard InChI is InChI=1S/C54H37NS2Si2/c1-3-17-41(18-4-1)58(42-19-5-2-6-20-42)51-29-15-16-30-52(51)59(49-27-13-11-25-47(49)57-48-26-12-14-28-50(48)59)54-37-39(33-36-53(54)58)38-31-34-40(35-32-38)55-43-21-7-9-23-45(43)56-46-24-10-8-22-44(46)55/h1-37H. The Morgan fingerprint density at radius 1 is 0.288 bits per heavy atom. The van der Waals surface area contributed by atoms with Crippen LogP contribution in [0.5, 0.6) is 0 Å². The summed E-state index contributed by atoms with van der Waals surface area (Å²) in [5.74, 6) is 0. The second-order valence-electron chi connectivity index (χ2n) is 15.6. The van der Waals surface area contributed by atoms with Crippen molar-refractivity contribution in [3.05, 3.63) is 224 Å². The summed E-state index contributed by atoms with van der Waals surface area (Å²) in [6.45, 7) is 0. The van der Waals surface area contributed by atoms with Crippen LogP contribution in [0.1, 0.15) is 0 Å². The van der Waals surface area contributed by atoms with E-state index < -0.39 is 16.1 Å². The number of anilines is 3. The molecule has 59 heavy (non-hydrogen) atoms. The topological polar surface area (TPSA) is 3.24 Å². The minimum absolute atomic E-state index is 1.17. The third kappa shape index (κ3) is 5.06. The maximum Gasteiger partial charge on any atom is 0.181 e. The monoisotopic (exact) mass is 819 g/mol. The zero-order valence-electron chi connectivity index (χ0n) is 32.1. The third-order valence-electron chi connectivity index (χ3n) is 12.7. The van der Waals surface area contributed by atoms with Crippen LogP contribution in [0.15, 0.2) is 244 Å². The fourth-order valence-electron chi connectivity index (χ4n) is 10.3. The Balaban J connectivity index is 1.14. The fourth-order valence-corrected chi connectivity index (χ4v) is 25.7. The molecule has 0 saturated heterocycles. The Morgan fingerprint density at radius 3 is 1.25 bits per heavy atom. The normalized spacial score (nSPS) is 14.9. The van der Waals surface area contributed by atoms with Crippen LogP contribution in [0.3, 0.4) is 0 Å². The van der Waals surface area contributed by atoms with Crippen LogP contribution in [0, 0.1) is 0 Å². The van der Waals surface area contributed by atoms with Gasteiger partial charge >= 0.3 is 0 Å². The average Bonchev–Trinajstić information content (AvgIpc) is 3.31. The number of hydrogen-bond acceptors (Lipinski definition) is 3. The molecule has 3 aliphatic rings. The van der Waals surface area contributed by atoms with Gasteiger partial charge < -0.3 is 4.90 Å². The minimum atomic E-state index is -2.89. The smallest absolute Gasteiger partial charge is 0.181 e. The van der Waals surface area contributed by atoms with Crippen molar-refractivity contribution in [1.29, 1.82) is 0 Å². The molecule has 0 atom stereocenters. The quantitative estimate of drug-likeness (QED) is 0.164. The molecule has 0 N–H and O–H groups in total. The van der Waals surface area contributed by atoms with Crippen molar-refractivity contribution in [2.45, 2.75) is 19.6 Å². The Morgan fingerprint density at radius 2 is 0.695 bits per heavy atom. The molecule has 12 rings (SSSR count). The van der Waals surface area contributed by atoms with Crippen molar-refractivity contribution in [2.75, 3.05) is 4.90 Å². The summed E-state index contributed by atoms with van der Waals surface area (Å²) in [5.41, 5.74) is 6.10. The molecule has 9 aromatic carbocycles. The fraction of sp³-hybridized carbons (Fsp3) is 0. The molecule has 0 aliphatic carbocycles. The van der Waals surface area contributed by atoms with Crippen LogP contribution in [0.2, 0.25) is 0 Å². The van der Waals surface area contributed by atoms with Gasteiger partial charge in [-0.15, -0.1) is 0 Å². The van der Waals surface area contributed by atoms with Gasteiger partial charge in [-0.1, -0.05) is 199 Å². The summed E-state index contributed by atoms with van der Waals surface area (Å²) in [6.07, 6.45) is 0. The maximum absolute atomic E-state index is 2.89. The molecule has 1 nitrogen and oxygen atoms in total. The van der Waals surface area contributed by atoms with E-state index in [1.54, 1.807) is 0 Å². The Kier molecular flexibility index (Phi) is 8.14. The van der Waals surface area contributed by atoms with Crippen LogP contribution >= 0.6 is 23.5 Å². The first-order valence-corrected chi connectivity index (χ1v) is 25.9. The van der Waals surface area contributed by atoms with Crippen molar-refractivity contribution in [2.24, 2.45) is 0 Å². The van der Waals surface area contributed by atoms with Gasteiger partial charge in [0.1, 0.15) is 0 Å². The van der Waals surface area contributed by atoms with E-state index in [0.29, 0.717) is 0 Å². The van der Waals surface area contributed by atoms with Gasteiger partial charge in [-0.2, -0.15) is 0 Å². The number of fused-ring (bicyclic) bond motifs is 10. The van der Waals surface area contributed by atoms with Crippen molar-refractivity contribution >= 4 is 98.2 Å². The van der Waals surface area contributed by atoms with E-state index >= 15 is 0 Å². The zero-order chi connectivity index (χ0) is 39.0. The highest BCUT2D eigenvalue weighted by Gasteiger charge is 2.58. The second kappa shape index (κ2) is 13.8. The van der Waals surface area contributed by atoms with Crippen molar-refractivity contribution < 1.29 is 0 Å². The SMILES string of the molecule is c1ccc([Si]2(c3ccccc3)c3ccccc3[Si]3(c4ccccc4Sc4ccccc43)c3cc(-c4ccc(N5c6ccccc6Sc6ccccc65)cc4)ccc32)cc1. The summed E-state index contributed by atoms with van der Waals surface area (Å²) in [5, 5.41) is 11.9. The number of benzene rings is 9. The molecular formula is C54H37NS2Si2. The molecule has 0 aromatic heterocycles. The lowest BCUT2D eigenvalue weighted by Gasteiger charge is -2.50. The maximum atomic E-state index is 2.63. The predicted molar refractivity (Wildman–Crippen MR) is 256 cm³/mol. The van der Waals surface area contributed by atoms with Gasteiger partial charge in [-0.3, -0.25) is 0 Å². The molecule has 278 valence electrons. The zero-order valence-corrected chi connectivity index (χ0v) is 35.8. The summed E-state index contributed by atoms with van der Waals surface area (Å²) < 4.78 is 0. The molecule has 0 saturated carbocycles. The lowest BCUT2D eigenvalue weighted by atomic mass is 10.0. The van der Waals surface area contributed by atoms with E-state index in [2.05, 4.69) is 229 Å². The van der Waals surface area contributed by atoms with Crippen LogP contribution in [-0.2, 0) is 0 Å². The van der Waals surface area contributed by atoms with Crippen molar-refractivity contribution in [3.63, 3.8) is 0 Å². The lowest BCUT2D eigenvalue weighted by Crippen LogP contribution is -2.93. The summed E-state index contributed by atoms with van der Waals surface area (Å²) >= 11 is 3.79. The van der Waals surface area contributed by atoms with Crippen LogP contribution < -0.4 is 46.4 Å². The summed E-state index contributed by atoms with van der Waals surface area (Å²) in [6, 6.07) is 85.6. The minimum Gasteiger partial charge on any atom is -0.308 e. The molecular weight excluding hydrogens is 783 g/mol. The number of rotatable bonds is 4. The largest absolute Gasteiger partial charge is 0.308 e. The van der Waals surface area contributed by atoms with Gasteiger partial charge in [0.15, 0.2) is 16.1 Å². The third-order valence-corrected chi connectivity index (χ3v) is 25.7. The summed E-state index contributed by atoms with van der Waals surface area (Å²) in [7, 11) is -5.72. The van der Waals surface area contributed by atoms with Crippen LogP contribution in [0.25, 0.3) is 11.1 Å². The van der Waals surface area contributed by atoms with E-state index in [-0.39, 0.29) is 0 Å². The van der Waals surface area contributed by atoms with Crippen LogP contribution in [-0.4, -0.2) is 16.1 Å². The van der Waals surface area contributed by atoms with Gasteiger partial charge in [-0.05, 0) is 101 Å². The van der Waals surface area contributed by atoms with Crippen LogP contribution in [0.4, 0.5) is 17.1 Å². The highest BCUT2D eigenvalue weighted by molar-refractivity contribution is 8.00. The van der Waals surface area contributed by atoms with E-state index in [1.165, 1.54) is 89.3 Å². The molecule has 0 bridgehead atoms. The average molecular weight is 820 g/mol. The first-order valence-electron chi connectivity index (χ1n) is 20.3. The number of hydrogen-bond donors (Lipinski definition) is 0. The molecule has 3 heterocycles. The Hall–Kier alpha value is -6.09. The second-order valence-corrected chi connectivity index (χ2v) is 25.1. The van der Waals surface area contributed by atoms with E-state index in [4.69, 9.17) is 0 Å². The van der Waals surface area contributed by atoms with Gasteiger partial charge in [0.25, 0.3) is 0 Å². The molecule has 3 aliphatic heterocycles. The highest BCUT2D eigenvalue weighted by atomic mass is 32.2. The van der Waals surface area contributed by atoms with Crippen molar-refractivity contribution in [1.82, 2.24) is 0 Å². The molecule has 0 amide bonds. The van der Waals surface area contributed by atoms with E-state index in [0.717, 1.165) is 0 Å².